The van der Waals surface area contributed by atoms with Crippen LogP contribution in [0.4, 0.5) is 13.2 Å². The Kier molecular flexibility index (Phi) is 9.28. The van der Waals surface area contributed by atoms with Gasteiger partial charge in [0, 0.05) is 26.2 Å². The maximum atomic E-state index is 12.3. The van der Waals surface area contributed by atoms with Crippen LogP contribution in [0.25, 0.3) is 0 Å². The van der Waals surface area contributed by atoms with Crippen molar-refractivity contribution >= 4 is 29.9 Å². The third kappa shape index (κ3) is 7.48. The summed E-state index contributed by atoms with van der Waals surface area (Å²) in [7, 11) is 1.51. The van der Waals surface area contributed by atoms with E-state index in [0.29, 0.717) is 24.9 Å². The molecule has 2 aliphatic rings. The molecule has 1 saturated carbocycles. The summed E-state index contributed by atoms with van der Waals surface area (Å²) in [5.74, 6) is 0.930. The van der Waals surface area contributed by atoms with Crippen LogP contribution in [0.1, 0.15) is 45.4 Å². The summed E-state index contributed by atoms with van der Waals surface area (Å²) in [5, 5.41) is 3.34. The van der Waals surface area contributed by atoms with Crippen LogP contribution in [0.5, 0.6) is 0 Å². The second kappa shape index (κ2) is 10.2. The largest absolute Gasteiger partial charge is 0.401 e. The molecule has 2 fully saturated rings. The third-order valence-electron chi connectivity index (χ3n) is 5.15. The van der Waals surface area contributed by atoms with Gasteiger partial charge >= 0.3 is 6.18 Å². The van der Waals surface area contributed by atoms with Crippen molar-refractivity contribution in [1.29, 1.82) is 0 Å². The summed E-state index contributed by atoms with van der Waals surface area (Å²) in [6, 6.07) is 0. The van der Waals surface area contributed by atoms with Gasteiger partial charge in [0.15, 0.2) is 5.96 Å². The second-order valence-electron chi connectivity index (χ2n) is 7.32. The maximum Gasteiger partial charge on any atom is 0.401 e. The first-order valence-electron chi connectivity index (χ1n) is 9.12. The van der Waals surface area contributed by atoms with E-state index in [1.165, 1.54) is 44.1 Å². The predicted molar refractivity (Wildman–Crippen MR) is 107 cm³/mol. The number of aliphatic imine (C=N–C) groups is 1. The molecule has 1 spiro atoms. The van der Waals surface area contributed by atoms with Crippen molar-refractivity contribution < 1.29 is 13.2 Å². The van der Waals surface area contributed by atoms with Crippen LogP contribution in [0.2, 0.25) is 0 Å². The van der Waals surface area contributed by atoms with Crippen molar-refractivity contribution in [3.8, 4) is 0 Å². The Morgan fingerprint density at radius 3 is 2.52 bits per heavy atom. The Hall–Kier alpha value is -0.250. The number of likely N-dealkylation sites (tertiary alicyclic amines) is 1. The molecule has 1 saturated heterocycles. The van der Waals surface area contributed by atoms with Gasteiger partial charge in [0.25, 0.3) is 0 Å². The number of guanidine groups is 1. The van der Waals surface area contributed by atoms with Gasteiger partial charge in [-0.15, -0.1) is 24.0 Å². The lowest BCUT2D eigenvalue weighted by Gasteiger charge is -2.26. The van der Waals surface area contributed by atoms with Gasteiger partial charge in [0.1, 0.15) is 0 Å². The third-order valence-corrected chi connectivity index (χ3v) is 5.15. The molecular weight excluding hydrogens is 444 g/mol. The lowest BCUT2D eigenvalue weighted by atomic mass is 9.86. The molecular formula is C17H32F3IN4. The second-order valence-corrected chi connectivity index (χ2v) is 7.32. The zero-order valence-corrected chi connectivity index (χ0v) is 17.7. The van der Waals surface area contributed by atoms with Gasteiger partial charge in [0.2, 0.25) is 0 Å². The number of alkyl halides is 3. The molecule has 4 nitrogen and oxygen atoms in total. The molecule has 8 heteroatoms. The Labute approximate surface area is 166 Å². The Morgan fingerprint density at radius 1 is 1.24 bits per heavy atom. The fourth-order valence-corrected chi connectivity index (χ4v) is 3.99. The van der Waals surface area contributed by atoms with Crippen LogP contribution in [0, 0.1) is 5.41 Å². The van der Waals surface area contributed by atoms with Crippen molar-refractivity contribution in [2.24, 2.45) is 10.4 Å². The minimum Gasteiger partial charge on any atom is -0.357 e. The van der Waals surface area contributed by atoms with Gasteiger partial charge in [-0.25, -0.2) is 0 Å². The van der Waals surface area contributed by atoms with E-state index in [9.17, 15) is 13.2 Å². The zero-order valence-electron chi connectivity index (χ0n) is 15.4. The van der Waals surface area contributed by atoms with Gasteiger partial charge in [-0.1, -0.05) is 12.8 Å². The number of nitrogens with zero attached hydrogens (tertiary/aromatic N) is 3. The highest BCUT2D eigenvalue weighted by molar-refractivity contribution is 14.0. The van der Waals surface area contributed by atoms with Crippen molar-refractivity contribution in [2.75, 3.05) is 46.3 Å². The smallest absolute Gasteiger partial charge is 0.357 e. The normalized spacial score (nSPS) is 20.4. The fraction of sp³-hybridized carbons (Fsp3) is 0.941. The lowest BCUT2D eigenvalue weighted by molar-refractivity contribution is -0.143. The summed E-state index contributed by atoms with van der Waals surface area (Å²) in [4.78, 5) is 8.29. The minimum atomic E-state index is -4.13. The van der Waals surface area contributed by atoms with E-state index >= 15 is 0 Å². The molecule has 25 heavy (non-hydrogen) atoms. The van der Waals surface area contributed by atoms with Crippen LogP contribution in [-0.4, -0.2) is 68.3 Å². The molecule has 1 heterocycles. The summed E-state index contributed by atoms with van der Waals surface area (Å²) >= 11 is 0. The number of hydrogen-bond acceptors (Lipinski definition) is 2. The van der Waals surface area contributed by atoms with Gasteiger partial charge in [-0.05, 0) is 51.6 Å². The van der Waals surface area contributed by atoms with E-state index in [2.05, 4.69) is 15.2 Å². The number of hydrogen-bond donors (Lipinski definition) is 1. The van der Waals surface area contributed by atoms with Gasteiger partial charge in [-0.3, -0.25) is 9.89 Å². The molecule has 0 radical (unpaired) electrons. The number of nitrogens with one attached hydrogen (secondary N) is 1. The zero-order chi connectivity index (χ0) is 17.6. The van der Waals surface area contributed by atoms with Crippen molar-refractivity contribution in [2.45, 2.75) is 51.6 Å². The van der Waals surface area contributed by atoms with Crippen molar-refractivity contribution in [3.05, 3.63) is 0 Å². The standard InChI is InChI=1S/C17H31F3N4.HI/c1-3-21-15(22-10-6-11-23(2)14-17(18,19)20)24-12-9-16(13-24)7-4-5-8-16;/h3-14H2,1-2H3,(H,21,22);1H. The van der Waals surface area contributed by atoms with E-state index in [1.807, 2.05) is 6.92 Å². The summed E-state index contributed by atoms with van der Waals surface area (Å²) in [6.07, 6.45) is 3.08. The molecule has 1 aliphatic carbocycles. The molecule has 0 aromatic heterocycles. The van der Waals surface area contributed by atoms with Crippen LogP contribution in [0.15, 0.2) is 4.99 Å². The highest BCUT2D eigenvalue weighted by Gasteiger charge is 2.41. The molecule has 0 unspecified atom stereocenters. The molecule has 2 rings (SSSR count). The number of halogens is 4. The highest BCUT2D eigenvalue weighted by atomic mass is 127. The lowest BCUT2D eigenvalue weighted by Crippen LogP contribution is -2.41. The van der Waals surface area contributed by atoms with Gasteiger partial charge in [-0.2, -0.15) is 13.2 Å². The SMILES string of the molecule is CCNC(=NCCCN(C)CC(F)(F)F)N1CCC2(CCCC2)C1.I. The summed E-state index contributed by atoms with van der Waals surface area (Å²) in [5.41, 5.74) is 0.489. The van der Waals surface area contributed by atoms with Crippen LogP contribution in [0.3, 0.4) is 0 Å². The molecule has 0 bridgehead atoms. The van der Waals surface area contributed by atoms with Crippen molar-refractivity contribution in [1.82, 2.24) is 15.1 Å². The molecule has 0 aromatic rings. The molecule has 0 aromatic carbocycles. The predicted octanol–water partition coefficient (Wildman–Crippen LogP) is 3.72. The van der Waals surface area contributed by atoms with Crippen LogP contribution in [-0.2, 0) is 0 Å². The van der Waals surface area contributed by atoms with Crippen molar-refractivity contribution in [3.63, 3.8) is 0 Å². The average Bonchev–Trinajstić information content (AvgIpc) is 3.11. The molecule has 1 aliphatic heterocycles. The number of rotatable bonds is 6. The Bertz CT molecular complexity index is 423. The summed E-state index contributed by atoms with van der Waals surface area (Å²) in [6.45, 7) is 5.10. The van der Waals surface area contributed by atoms with Gasteiger partial charge in [0.05, 0.1) is 6.54 Å². The van der Waals surface area contributed by atoms with Gasteiger partial charge < -0.3 is 10.2 Å². The Balaban J connectivity index is 0.00000312. The van der Waals surface area contributed by atoms with E-state index < -0.39 is 12.7 Å². The van der Waals surface area contributed by atoms with Crippen LogP contribution < -0.4 is 5.32 Å². The fourth-order valence-electron chi connectivity index (χ4n) is 3.99. The molecule has 0 amide bonds. The van der Waals surface area contributed by atoms with E-state index in [-0.39, 0.29) is 24.0 Å². The molecule has 1 N–H and O–H groups in total. The average molecular weight is 476 g/mol. The van der Waals surface area contributed by atoms with E-state index in [4.69, 9.17) is 0 Å². The van der Waals surface area contributed by atoms with E-state index in [1.54, 1.807) is 0 Å². The summed E-state index contributed by atoms with van der Waals surface area (Å²) < 4.78 is 36.9. The first-order valence-corrected chi connectivity index (χ1v) is 9.12. The monoisotopic (exact) mass is 476 g/mol. The molecule has 148 valence electrons. The minimum absolute atomic E-state index is 0. The van der Waals surface area contributed by atoms with Crippen LogP contribution >= 0.6 is 24.0 Å². The topological polar surface area (TPSA) is 30.9 Å². The molecule has 0 atom stereocenters. The Morgan fingerprint density at radius 2 is 1.92 bits per heavy atom. The maximum absolute atomic E-state index is 12.3. The first-order chi connectivity index (χ1) is 11.3. The first kappa shape index (κ1) is 22.8. The quantitative estimate of drug-likeness (QED) is 0.275. The highest BCUT2D eigenvalue weighted by Crippen LogP contribution is 2.45. The van der Waals surface area contributed by atoms with E-state index in [0.717, 1.165) is 25.6 Å².